The number of fused-ring (bicyclic) bond motifs is 1. The molecule has 0 saturated carbocycles. The van der Waals surface area contributed by atoms with Crippen LogP contribution in [0.2, 0.25) is 5.02 Å². The number of alkyl carbamates (subject to hydrolysis) is 1. The van der Waals surface area contributed by atoms with Gasteiger partial charge in [0.1, 0.15) is 17.2 Å². The number of carbonyl (C=O) groups is 2. The monoisotopic (exact) mass is 423 g/mol. The number of hydrogen-bond acceptors (Lipinski definition) is 6. The Morgan fingerprint density at radius 2 is 1.90 bits per heavy atom. The zero-order valence-corrected chi connectivity index (χ0v) is 18.2. The SMILES string of the molecule is CC[C@H](C)[C@@H](NC(=O)OC(C)(C)C)C(=O)Oc1cc2oc(=O)cc(C)c2cc1Cl. The van der Waals surface area contributed by atoms with Crippen LogP contribution in [0.25, 0.3) is 11.0 Å². The average molecular weight is 424 g/mol. The van der Waals surface area contributed by atoms with Crippen LogP contribution in [0.15, 0.2) is 27.4 Å². The maximum atomic E-state index is 12.8. The fraction of sp³-hybridized carbons (Fsp3) is 0.476. The molecule has 0 spiro atoms. The summed E-state index contributed by atoms with van der Waals surface area (Å²) >= 11 is 6.26. The van der Waals surface area contributed by atoms with E-state index in [-0.39, 0.29) is 22.3 Å². The van der Waals surface area contributed by atoms with E-state index < -0.39 is 29.3 Å². The minimum absolute atomic E-state index is 0.0391. The molecule has 8 heteroatoms. The largest absolute Gasteiger partial charge is 0.444 e. The Labute approximate surface area is 174 Å². The van der Waals surface area contributed by atoms with Crippen molar-refractivity contribution in [1.82, 2.24) is 5.32 Å². The molecule has 2 rings (SSSR count). The number of carbonyl (C=O) groups excluding carboxylic acids is 2. The first kappa shape index (κ1) is 22.7. The number of ether oxygens (including phenoxy) is 2. The Hall–Kier alpha value is -2.54. The summed E-state index contributed by atoms with van der Waals surface area (Å²) in [7, 11) is 0. The molecule has 0 aliphatic carbocycles. The van der Waals surface area contributed by atoms with Gasteiger partial charge in [-0.25, -0.2) is 14.4 Å². The molecule has 0 aliphatic rings. The predicted molar refractivity (Wildman–Crippen MR) is 110 cm³/mol. The molecule has 1 amide bonds. The van der Waals surface area contributed by atoms with Crippen LogP contribution in [0.1, 0.15) is 46.6 Å². The van der Waals surface area contributed by atoms with Gasteiger partial charge in [-0.1, -0.05) is 31.9 Å². The molecule has 158 valence electrons. The summed E-state index contributed by atoms with van der Waals surface area (Å²) in [5, 5.41) is 3.39. The number of benzene rings is 1. The van der Waals surface area contributed by atoms with Crippen molar-refractivity contribution < 1.29 is 23.5 Å². The van der Waals surface area contributed by atoms with E-state index in [0.29, 0.717) is 17.4 Å². The van der Waals surface area contributed by atoms with Crippen molar-refractivity contribution in [3.05, 3.63) is 39.2 Å². The summed E-state index contributed by atoms with van der Waals surface area (Å²) < 4.78 is 15.9. The van der Waals surface area contributed by atoms with Crippen LogP contribution in [0.4, 0.5) is 4.79 Å². The van der Waals surface area contributed by atoms with Crippen molar-refractivity contribution in [3.63, 3.8) is 0 Å². The van der Waals surface area contributed by atoms with Crippen molar-refractivity contribution in [2.75, 3.05) is 0 Å². The van der Waals surface area contributed by atoms with E-state index in [9.17, 15) is 14.4 Å². The molecule has 0 aliphatic heterocycles. The molecular formula is C21H26ClNO6. The summed E-state index contributed by atoms with van der Waals surface area (Å²) in [6, 6.07) is 3.38. The highest BCUT2D eigenvalue weighted by Crippen LogP contribution is 2.31. The minimum Gasteiger partial charge on any atom is -0.444 e. The quantitative estimate of drug-likeness (QED) is 0.429. The van der Waals surface area contributed by atoms with Crippen LogP contribution in [0.3, 0.4) is 0 Å². The maximum absolute atomic E-state index is 12.8. The molecule has 1 aromatic heterocycles. The first-order valence-electron chi connectivity index (χ1n) is 9.36. The highest BCUT2D eigenvalue weighted by molar-refractivity contribution is 6.33. The molecule has 7 nitrogen and oxygen atoms in total. The second-order valence-electron chi connectivity index (χ2n) is 7.96. The van der Waals surface area contributed by atoms with Gasteiger partial charge in [0.25, 0.3) is 0 Å². The topological polar surface area (TPSA) is 94.8 Å². The molecule has 0 radical (unpaired) electrons. The molecule has 0 unspecified atom stereocenters. The average Bonchev–Trinajstić information content (AvgIpc) is 2.58. The number of amides is 1. The molecule has 0 bridgehead atoms. The Balaban J connectivity index is 2.29. The van der Waals surface area contributed by atoms with Gasteiger partial charge in [-0.3, -0.25) is 0 Å². The zero-order chi connectivity index (χ0) is 21.9. The van der Waals surface area contributed by atoms with Crippen molar-refractivity contribution >= 4 is 34.6 Å². The van der Waals surface area contributed by atoms with Crippen LogP contribution >= 0.6 is 11.6 Å². The van der Waals surface area contributed by atoms with Crippen molar-refractivity contribution in [1.29, 1.82) is 0 Å². The lowest BCUT2D eigenvalue weighted by Crippen LogP contribution is -2.48. The fourth-order valence-corrected chi connectivity index (χ4v) is 2.88. The van der Waals surface area contributed by atoms with Gasteiger partial charge in [-0.05, 0) is 45.2 Å². The second kappa shape index (κ2) is 8.86. The van der Waals surface area contributed by atoms with E-state index in [1.807, 2.05) is 13.8 Å². The molecule has 0 fully saturated rings. The summed E-state index contributed by atoms with van der Waals surface area (Å²) in [6.07, 6.45) is -0.0966. The summed E-state index contributed by atoms with van der Waals surface area (Å²) in [5.74, 6) is -0.868. The van der Waals surface area contributed by atoms with Crippen LogP contribution in [0.5, 0.6) is 5.75 Å². The number of hydrogen-bond donors (Lipinski definition) is 1. The summed E-state index contributed by atoms with van der Waals surface area (Å²) in [4.78, 5) is 36.6. The van der Waals surface area contributed by atoms with Gasteiger partial charge in [0.2, 0.25) is 0 Å². The molecule has 0 saturated heterocycles. The highest BCUT2D eigenvalue weighted by atomic mass is 35.5. The van der Waals surface area contributed by atoms with Gasteiger partial charge in [0, 0.05) is 17.5 Å². The third-order valence-electron chi connectivity index (χ3n) is 4.35. The maximum Gasteiger partial charge on any atom is 0.408 e. The standard InChI is InChI=1S/C21H26ClNO6/c1-7-11(2)18(23-20(26)29-21(4,5)6)19(25)28-16-10-15-13(9-14(16)22)12(3)8-17(24)27-15/h8-11,18H,7H2,1-6H3,(H,23,26)/t11-,18+/m0/s1. The normalized spacial score (nSPS) is 13.6. The molecule has 1 heterocycles. The van der Waals surface area contributed by atoms with E-state index in [1.54, 1.807) is 33.8 Å². The summed E-state index contributed by atoms with van der Waals surface area (Å²) in [6.45, 7) is 10.6. The van der Waals surface area contributed by atoms with Crippen LogP contribution in [-0.4, -0.2) is 23.7 Å². The third kappa shape index (κ3) is 5.97. The van der Waals surface area contributed by atoms with E-state index in [4.69, 9.17) is 25.5 Å². The molecule has 2 atom stereocenters. The Morgan fingerprint density at radius 1 is 1.24 bits per heavy atom. The van der Waals surface area contributed by atoms with Crippen molar-refractivity contribution in [3.8, 4) is 5.75 Å². The first-order valence-corrected chi connectivity index (χ1v) is 9.74. The number of aryl methyl sites for hydroxylation is 1. The van der Waals surface area contributed by atoms with Gasteiger partial charge in [0.05, 0.1) is 5.02 Å². The Kier molecular flexibility index (Phi) is 6.95. The number of rotatable bonds is 5. The summed E-state index contributed by atoms with van der Waals surface area (Å²) in [5.41, 5.74) is -0.272. The predicted octanol–water partition coefficient (Wildman–Crippen LogP) is 4.60. The Morgan fingerprint density at radius 3 is 2.48 bits per heavy atom. The van der Waals surface area contributed by atoms with Crippen molar-refractivity contribution in [2.24, 2.45) is 5.92 Å². The lowest BCUT2D eigenvalue weighted by molar-refractivity contribution is -0.138. The lowest BCUT2D eigenvalue weighted by Gasteiger charge is -2.25. The third-order valence-corrected chi connectivity index (χ3v) is 4.65. The smallest absolute Gasteiger partial charge is 0.408 e. The fourth-order valence-electron chi connectivity index (χ4n) is 2.67. The van der Waals surface area contributed by atoms with E-state index in [0.717, 1.165) is 0 Å². The zero-order valence-electron chi connectivity index (χ0n) is 17.4. The number of halogens is 1. The molecule has 1 N–H and O–H groups in total. The first-order chi connectivity index (χ1) is 13.4. The molecule has 2 aromatic rings. The number of nitrogens with one attached hydrogen (secondary N) is 1. The molecule has 1 aromatic carbocycles. The molecular weight excluding hydrogens is 398 g/mol. The second-order valence-corrected chi connectivity index (χ2v) is 8.36. The van der Waals surface area contributed by atoms with Crippen LogP contribution < -0.4 is 15.7 Å². The van der Waals surface area contributed by atoms with Gasteiger partial charge < -0.3 is 19.2 Å². The molecule has 29 heavy (non-hydrogen) atoms. The minimum atomic E-state index is -0.939. The lowest BCUT2D eigenvalue weighted by atomic mass is 9.99. The van der Waals surface area contributed by atoms with Gasteiger partial charge in [0.15, 0.2) is 5.75 Å². The number of esters is 1. The van der Waals surface area contributed by atoms with Crippen LogP contribution in [0, 0.1) is 12.8 Å². The van der Waals surface area contributed by atoms with E-state index >= 15 is 0 Å². The van der Waals surface area contributed by atoms with Gasteiger partial charge in [-0.2, -0.15) is 0 Å². The van der Waals surface area contributed by atoms with E-state index in [2.05, 4.69) is 5.32 Å². The Bertz CT molecular complexity index is 976. The highest BCUT2D eigenvalue weighted by Gasteiger charge is 2.30. The van der Waals surface area contributed by atoms with E-state index in [1.165, 1.54) is 12.1 Å². The van der Waals surface area contributed by atoms with Gasteiger partial charge >= 0.3 is 17.7 Å². The van der Waals surface area contributed by atoms with Gasteiger partial charge in [-0.15, -0.1) is 0 Å². The van der Waals surface area contributed by atoms with Crippen molar-refractivity contribution in [2.45, 2.75) is 59.6 Å². The van der Waals surface area contributed by atoms with Crippen LogP contribution in [-0.2, 0) is 9.53 Å².